The van der Waals surface area contributed by atoms with Gasteiger partial charge in [0.25, 0.3) is 0 Å². The van der Waals surface area contributed by atoms with E-state index in [1.165, 1.54) is 37.5 Å². The van der Waals surface area contributed by atoms with Crippen LogP contribution in [-0.4, -0.2) is 24.2 Å². The highest BCUT2D eigenvalue weighted by Gasteiger charge is 2.32. The number of alkyl halides is 3. The van der Waals surface area contributed by atoms with Gasteiger partial charge < -0.3 is 16.4 Å². The van der Waals surface area contributed by atoms with Crippen LogP contribution in [0.1, 0.15) is 11.1 Å². The van der Waals surface area contributed by atoms with Gasteiger partial charge in [-0.1, -0.05) is 6.58 Å². The Labute approximate surface area is 163 Å². The van der Waals surface area contributed by atoms with Crippen LogP contribution >= 0.6 is 0 Å². The molecule has 2 rings (SSSR count). The summed E-state index contributed by atoms with van der Waals surface area (Å²) in [5, 5.41) is 5.17. The van der Waals surface area contributed by atoms with E-state index >= 15 is 0 Å². The summed E-state index contributed by atoms with van der Waals surface area (Å²) >= 11 is 0. The number of rotatable bonds is 6. The van der Waals surface area contributed by atoms with Crippen LogP contribution in [0.5, 0.6) is 0 Å². The summed E-state index contributed by atoms with van der Waals surface area (Å²) in [6.45, 7) is 3.35. The number of pyridine rings is 1. The summed E-state index contributed by atoms with van der Waals surface area (Å²) in [7, 11) is 1.53. The fourth-order valence-corrected chi connectivity index (χ4v) is 2.22. The van der Waals surface area contributed by atoms with Crippen molar-refractivity contribution in [3.05, 3.63) is 66.1 Å². The Morgan fingerprint density at radius 1 is 1.31 bits per heavy atom. The predicted octanol–water partition coefficient (Wildman–Crippen LogP) is 4.11. The minimum Gasteiger partial charge on any atom is -0.398 e. The van der Waals surface area contributed by atoms with E-state index in [4.69, 9.17) is 5.73 Å². The van der Waals surface area contributed by atoms with Crippen molar-refractivity contribution in [2.75, 3.05) is 17.7 Å². The van der Waals surface area contributed by atoms with Crippen LogP contribution in [0.4, 0.5) is 34.8 Å². The first kappa shape index (κ1) is 21.6. The molecule has 0 saturated heterocycles. The van der Waals surface area contributed by atoms with Gasteiger partial charge in [0.05, 0.1) is 5.56 Å². The number of nitrogens with two attached hydrogens (primary N) is 1. The molecule has 0 aliphatic carbocycles. The Morgan fingerprint density at radius 2 is 2.03 bits per heavy atom. The molecule has 0 aliphatic rings. The highest BCUT2D eigenvalue weighted by molar-refractivity contribution is 5.99. The standard InChI is InChI=1S/C19H17F4N5O/c1-3-17(29)27-12-4-5-16(13(9-12)15(24)6-7-25-2)28-18-14(20)8-11(10-26-18)19(21,22)23/h3-10H,1,24H2,2H3,(H,26,28)(H,27,29). The van der Waals surface area contributed by atoms with Gasteiger partial charge >= 0.3 is 6.18 Å². The number of aromatic nitrogens is 1. The lowest BCUT2D eigenvalue weighted by atomic mass is 10.1. The molecular weight excluding hydrogens is 390 g/mol. The van der Waals surface area contributed by atoms with Gasteiger partial charge in [-0.25, -0.2) is 9.37 Å². The second kappa shape index (κ2) is 9.00. The first-order chi connectivity index (χ1) is 13.7. The van der Waals surface area contributed by atoms with Gasteiger partial charge in [0.2, 0.25) is 5.91 Å². The number of hydrogen-bond donors (Lipinski definition) is 3. The van der Waals surface area contributed by atoms with E-state index in [1.54, 1.807) is 0 Å². The first-order valence-electron chi connectivity index (χ1n) is 8.11. The van der Waals surface area contributed by atoms with Gasteiger partial charge in [0, 0.05) is 42.1 Å². The van der Waals surface area contributed by atoms with Crippen LogP contribution < -0.4 is 16.4 Å². The van der Waals surface area contributed by atoms with E-state index in [9.17, 15) is 22.4 Å². The zero-order chi connectivity index (χ0) is 21.6. The molecule has 0 radical (unpaired) electrons. The summed E-state index contributed by atoms with van der Waals surface area (Å²) in [5.41, 5.74) is 6.00. The average molecular weight is 407 g/mol. The monoisotopic (exact) mass is 407 g/mol. The summed E-state index contributed by atoms with van der Waals surface area (Å²) in [5.74, 6) is -2.06. The van der Waals surface area contributed by atoms with Gasteiger partial charge in [-0.3, -0.25) is 9.79 Å². The molecule has 0 aliphatic heterocycles. The largest absolute Gasteiger partial charge is 0.417 e. The van der Waals surface area contributed by atoms with E-state index in [0.29, 0.717) is 23.5 Å². The second-order valence-corrected chi connectivity index (χ2v) is 5.66. The Hall–Kier alpha value is -3.69. The summed E-state index contributed by atoms with van der Waals surface area (Å²) < 4.78 is 52.2. The topological polar surface area (TPSA) is 92.4 Å². The molecule has 152 valence electrons. The van der Waals surface area contributed by atoms with E-state index < -0.39 is 29.3 Å². The maximum Gasteiger partial charge on any atom is 0.417 e. The number of aliphatic imine (C=N–C) groups is 1. The van der Waals surface area contributed by atoms with E-state index in [2.05, 4.69) is 27.2 Å². The number of amides is 1. The molecule has 4 N–H and O–H groups in total. The predicted molar refractivity (Wildman–Crippen MR) is 104 cm³/mol. The fraction of sp³-hybridized carbons (Fsp3) is 0.105. The van der Waals surface area contributed by atoms with Gasteiger partial charge in [-0.15, -0.1) is 0 Å². The molecular formula is C19H17F4N5O. The number of carbonyl (C=O) groups is 1. The second-order valence-electron chi connectivity index (χ2n) is 5.66. The molecule has 0 unspecified atom stereocenters. The van der Waals surface area contributed by atoms with E-state index in [1.807, 2.05) is 0 Å². The molecule has 0 saturated carbocycles. The highest BCUT2D eigenvalue weighted by Crippen LogP contribution is 2.32. The van der Waals surface area contributed by atoms with Crippen LogP contribution in [0.15, 0.2) is 54.2 Å². The number of nitrogens with one attached hydrogen (secondary N) is 2. The number of benzene rings is 1. The third-order valence-electron chi connectivity index (χ3n) is 3.61. The SMILES string of the molecule is C=CC(=O)Nc1ccc(Nc2ncc(C(F)(F)F)cc2F)c(C(N)=CC=NC)c1. The lowest BCUT2D eigenvalue weighted by Gasteiger charge is -2.15. The molecule has 0 bridgehead atoms. The Balaban J connectivity index is 2.46. The Bertz CT molecular complexity index is 983. The molecule has 2 aromatic rings. The maximum atomic E-state index is 14.1. The molecule has 0 fully saturated rings. The lowest BCUT2D eigenvalue weighted by molar-refractivity contribution is -0.138. The number of hydrogen-bond acceptors (Lipinski definition) is 5. The number of allylic oxidation sites excluding steroid dienone is 1. The molecule has 0 atom stereocenters. The van der Waals surface area contributed by atoms with Crippen LogP contribution in [0, 0.1) is 5.82 Å². The minimum atomic E-state index is -4.71. The van der Waals surface area contributed by atoms with Crippen molar-refractivity contribution < 1.29 is 22.4 Å². The minimum absolute atomic E-state index is 0.208. The van der Waals surface area contributed by atoms with Crippen molar-refractivity contribution in [3.63, 3.8) is 0 Å². The third-order valence-corrected chi connectivity index (χ3v) is 3.61. The van der Waals surface area contributed by atoms with Crippen LogP contribution in [0.2, 0.25) is 0 Å². The molecule has 1 heterocycles. The van der Waals surface area contributed by atoms with Gasteiger partial charge in [0.15, 0.2) is 11.6 Å². The zero-order valence-electron chi connectivity index (χ0n) is 15.2. The zero-order valence-corrected chi connectivity index (χ0v) is 15.2. The van der Waals surface area contributed by atoms with Gasteiger partial charge in [-0.2, -0.15) is 13.2 Å². The van der Waals surface area contributed by atoms with E-state index in [-0.39, 0.29) is 11.4 Å². The maximum absolute atomic E-state index is 14.1. The van der Waals surface area contributed by atoms with Crippen LogP contribution in [-0.2, 0) is 11.0 Å². The van der Waals surface area contributed by atoms with Gasteiger partial charge in [0.1, 0.15) is 0 Å². The van der Waals surface area contributed by atoms with Gasteiger partial charge in [-0.05, 0) is 36.4 Å². The molecule has 29 heavy (non-hydrogen) atoms. The van der Waals surface area contributed by atoms with Crippen molar-refractivity contribution in [2.45, 2.75) is 6.18 Å². The number of anilines is 3. The first-order valence-corrected chi connectivity index (χ1v) is 8.11. The van der Waals surface area contributed by atoms with Crippen molar-refractivity contribution in [1.82, 2.24) is 4.98 Å². The van der Waals surface area contributed by atoms with Crippen molar-refractivity contribution >= 4 is 35.0 Å². The molecule has 10 heteroatoms. The highest BCUT2D eigenvalue weighted by atomic mass is 19.4. The van der Waals surface area contributed by atoms with E-state index in [0.717, 1.165) is 6.08 Å². The van der Waals surface area contributed by atoms with Crippen molar-refractivity contribution in [3.8, 4) is 0 Å². The summed E-state index contributed by atoms with van der Waals surface area (Å²) in [6, 6.07) is 4.81. The molecule has 1 aromatic heterocycles. The summed E-state index contributed by atoms with van der Waals surface area (Å²) in [4.78, 5) is 18.8. The molecule has 6 nitrogen and oxygen atoms in total. The average Bonchev–Trinajstić information content (AvgIpc) is 2.67. The number of carbonyl (C=O) groups excluding carboxylic acids is 1. The smallest absolute Gasteiger partial charge is 0.398 e. The quantitative estimate of drug-likeness (QED) is 0.382. The molecule has 1 amide bonds. The Morgan fingerprint density at radius 3 is 2.62 bits per heavy atom. The van der Waals surface area contributed by atoms with Crippen LogP contribution in [0.3, 0.4) is 0 Å². The third kappa shape index (κ3) is 5.64. The summed E-state index contributed by atoms with van der Waals surface area (Å²) in [6.07, 6.45) is -0.223. The number of nitrogens with zero attached hydrogens (tertiary/aromatic N) is 2. The number of halogens is 4. The van der Waals surface area contributed by atoms with Crippen molar-refractivity contribution in [1.29, 1.82) is 0 Å². The fourth-order valence-electron chi connectivity index (χ4n) is 2.22. The lowest BCUT2D eigenvalue weighted by Crippen LogP contribution is -2.10. The Kier molecular flexibility index (Phi) is 6.71. The van der Waals surface area contributed by atoms with Crippen molar-refractivity contribution in [2.24, 2.45) is 10.7 Å². The molecule has 0 spiro atoms. The van der Waals surface area contributed by atoms with Crippen LogP contribution in [0.25, 0.3) is 5.70 Å². The normalized spacial score (nSPS) is 12.1. The molecule has 1 aromatic carbocycles.